The van der Waals surface area contributed by atoms with Gasteiger partial charge in [-0.3, -0.25) is 0 Å². The van der Waals surface area contributed by atoms with Gasteiger partial charge in [0.1, 0.15) is 0 Å². The van der Waals surface area contributed by atoms with Gasteiger partial charge in [-0.15, -0.1) is 0 Å². The van der Waals surface area contributed by atoms with Crippen molar-refractivity contribution in [3.05, 3.63) is 38.3 Å². The van der Waals surface area contributed by atoms with Crippen molar-refractivity contribution in [2.24, 2.45) is 0 Å². The van der Waals surface area contributed by atoms with E-state index in [4.69, 9.17) is 0 Å². The van der Waals surface area contributed by atoms with Crippen LogP contribution in [-0.2, 0) is 12.8 Å². The van der Waals surface area contributed by atoms with Crippen LogP contribution in [0.5, 0.6) is 0 Å². The van der Waals surface area contributed by atoms with Crippen molar-refractivity contribution >= 4 is 20.4 Å². The zero-order chi connectivity index (χ0) is 11.1. The number of hydrogen-bond donors (Lipinski definition) is 0. The summed E-state index contributed by atoms with van der Waals surface area (Å²) in [5.41, 5.74) is 2.80. The van der Waals surface area contributed by atoms with Crippen molar-refractivity contribution in [2.45, 2.75) is 12.8 Å². The molecule has 0 atom stereocenters. The number of fused-ring (bicyclic) bond motifs is 3. The van der Waals surface area contributed by atoms with Gasteiger partial charge in [0.2, 0.25) is 0 Å². The molecule has 3 rings (SSSR count). The Kier molecular flexibility index (Phi) is 2.12. The van der Waals surface area contributed by atoms with Crippen LogP contribution in [0, 0.1) is 10.1 Å². The van der Waals surface area contributed by atoms with E-state index in [-0.39, 0.29) is 25.3 Å². The zero-order valence-electron chi connectivity index (χ0n) is 8.21. The predicted molar refractivity (Wildman–Crippen MR) is 58.5 cm³/mol. The first-order chi connectivity index (χ1) is 7.77. The molecule has 0 N–H and O–H groups in total. The van der Waals surface area contributed by atoms with Gasteiger partial charge in [0.25, 0.3) is 0 Å². The third kappa shape index (κ3) is 1.31. The van der Waals surface area contributed by atoms with Crippen molar-refractivity contribution in [2.75, 3.05) is 0 Å². The molecule has 0 spiro atoms. The molecular formula is C10H7N3O2Se. The van der Waals surface area contributed by atoms with Crippen LogP contribution in [0.15, 0.2) is 18.2 Å². The summed E-state index contributed by atoms with van der Waals surface area (Å²) in [6.07, 6.45) is 1.60. The van der Waals surface area contributed by atoms with Crippen LogP contribution >= 0.6 is 0 Å². The Bertz CT molecular complexity index is 579. The van der Waals surface area contributed by atoms with Gasteiger partial charge in [-0.2, -0.15) is 0 Å². The monoisotopic (exact) mass is 281 g/mol. The Balaban J connectivity index is 2.27. The van der Waals surface area contributed by atoms with E-state index in [0.717, 1.165) is 29.7 Å². The average molecular weight is 280 g/mol. The van der Waals surface area contributed by atoms with Crippen molar-refractivity contribution in [1.82, 2.24) is 9.19 Å². The van der Waals surface area contributed by atoms with Crippen molar-refractivity contribution < 1.29 is 4.92 Å². The number of benzene rings is 1. The molecule has 1 aliphatic carbocycles. The van der Waals surface area contributed by atoms with Gasteiger partial charge < -0.3 is 0 Å². The van der Waals surface area contributed by atoms with Crippen molar-refractivity contribution in [3.63, 3.8) is 0 Å². The SMILES string of the molecule is O=[N+]([O-])c1cccc2c1CCc1[se]nnc1-2. The number of nitrogens with zero attached hydrogens (tertiary/aromatic N) is 3. The summed E-state index contributed by atoms with van der Waals surface area (Å²) >= 11 is 0.109. The number of hydrogen-bond acceptors (Lipinski definition) is 4. The van der Waals surface area contributed by atoms with Gasteiger partial charge >= 0.3 is 96.9 Å². The Morgan fingerprint density at radius 3 is 3.06 bits per heavy atom. The first kappa shape index (κ1) is 9.69. The Labute approximate surface area is 97.3 Å². The molecule has 0 saturated heterocycles. The van der Waals surface area contributed by atoms with E-state index in [1.165, 1.54) is 4.44 Å². The second-order valence-electron chi connectivity index (χ2n) is 3.61. The summed E-state index contributed by atoms with van der Waals surface area (Å²) in [5.74, 6) is 0. The fourth-order valence-corrected chi connectivity index (χ4v) is 3.41. The van der Waals surface area contributed by atoms with Gasteiger partial charge in [0.15, 0.2) is 0 Å². The first-order valence-electron chi connectivity index (χ1n) is 4.85. The van der Waals surface area contributed by atoms with Crippen LogP contribution in [0.1, 0.15) is 10.0 Å². The van der Waals surface area contributed by atoms with E-state index in [1.54, 1.807) is 12.1 Å². The molecule has 80 valence electrons. The molecule has 0 saturated carbocycles. The summed E-state index contributed by atoms with van der Waals surface area (Å²) in [6.45, 7) is 0. The molecular weight excluding hydrogens is 273 g/mol. The molecule has 0 bridgehead atoms. The average Bonchev–Trinajstić information content (AvgIpc) is 2.76. The van der Waals surface area contributed by atoms with Crippen LogP contribution in [0.25, 0.3) is 11.3 Å². The molecule has 16 heavy (non-hydrogen) atoms. The van der Waals surface area contributed by atoms with Crippen LogP contribution in [0.3, 0.4) is 0 Å². The van der Waals surface area contributed by atoms with E-state index in [9.17, 15) is 10.1 Å². The Morgan fingerprint density at radius 1 is 1.38 bits per heavy atom. The molecule has 2 aromatic rings. The molecule has 6 heteroatoms. The third-order valence-corrected chi connectivity index (χ3v) is 4.40. The van der Waals surface area contributed by atoms with E-state index in [0.29, 0.717) is 0 Å². The van der Waals surface area contributed by atoms with Gasteiger partial charge in [0.05, 0.1) is 0 Å². The number of aryl methyl sites for hydroxylation is 1. The normalized spacial score (nSPS) is 13.0. The van der Waals surface area contributed by atoms with Crippen molar-refractivity contribution in [3.8, 4) is 11.3 Å². The van der Waals surface area contributed by atoms with Gasteiger partial charge in [-0.05, 0) is 0 Å². The number of nitro benzene ring substituents is 1. The standard InChI is InChI=1S/C10H7N3O2Se/c14-13(15)8-3-1-2-7-6(8)4-5-9-10(7)11-12-16-9/h1-3H,4-5H2. The molecule has 0 unspecified atom stereocenters. The molecule has 0 aliphatic heterocycles. The summed E-state index contributed by atoms with van der Waals surface area (Å²) < 4.78 is 5.31. The minimum atomic E-state index is -0.318. The summed E-state index contributed by atoms with van der Waals surface area (Å²) in [5, 5.41) is 15.0. The van der Waals surface area contributed by atoms with Crippen LogP contribution in [-0.4, -0.2) is 28.8 Å². The second kappa shape index (κ2) is 3.50. The quantitative estimate of drug-likeness (QED) is 0.447. The maximum atomic E-state index is 10.9. The molecule has 0 radical (unpaired) electrons. The Morgan fingerprint density at radius 2 is 2.25 bits per heavy atom. The Hall–Kier alpha value is -1.52. The minimum absolute atomic E-state index is 0.109. The van der Waals surface area contributed by atoms with Gasteiger partial charge in [-0.1, -0.05) is 0 Å². The van der Waals surface area contributed by atoms with E-state index in [2.05, 4.69) is 9.19 Å². The van der Waals surface area contributed by atoms with Crippen LogP contribution < -0.4 is 0 Å². The topological polar surface area (TPSA) is 68.9 Å². The number of nitro groups is 1. The molecule has 0 fully saturated rings. The van der Waals surface area contributed by atoms with Crippen LogP contribution in [0.2, 0.25) is 0 Å². The summed E-state index contributed by atoms with van der Waals surface area (Å²) in [4.78, 5) is 10.6. The van der Waals surface area contributed by atoms with Gasteiger partial charge in [-0.25, -0.2) is 0 Å². The fraction of sp³-hybridized carbons (Fsp3) is 0.200. The molecule has 1 aromatic heterocycles. The number of aromatic nitrogens is 2. The van der Waals surface area contributed by atoms with Crippen molar-refractivity contribution in [1.29, 1.82) is 0 Å². The van der Waals surface area contributed by atoms with Gasteiger partial charge in [0, 0.05) is 0 Å². The molecule has 1 heterocycles. The fourth-order valence-electron chi connectivity index (χ4n) is 2.05. The van der Waals surface area contributed by atoms with E-state index >= 15 is 0 Å². The number of rotatable bonds is 1. The predicted octanol–water partition coefficient (Wildman–Crippen LogP) is 1.21. The van der Waals surface area contributed by atoms with E-state index < -0.39 is 0 Å². The first-order valence-corrected chi connectivity index (χ1v) is 6.47. The molecule has 1 aliphatic rings. The maximum absolute atomic E-state index is 10.9. The molecule has 1 aromatic carbocycles. The molecule has 0 amide bonds. The zero-order valence-corrected chi connectivity index (χ0v) is 9.93. The molecule has 5 nitrogen and oxygen atoms in total. The van der Waals surface area contributed by atoms with Crippen LogP contribution in [0.4, 0.5) is 5.69 Å². The third-order valence-electron chi connectivity index (χ3n) is 2.76. The summed E-state index contributed by atoms with van der Waals surface area (Å²) in [7, 11) is 0. The second-order valence-corrected chi connectivity index (χ2v) is 5.36. The van der Waals surface area contributed by atoms with E-state index in [1.807, 2.05) is 6.07 Å². The summed E-state index contributed by atoms with van der Waals surface area (Å²) in [6, 6.07) is 5.17.